The third kappa shape index (κ3) is 11.8. The van der Waals surface area contributed by atoms with Gasteiger partial charge in [-0.1, -0.05) is 13.8 Å². The molecule has 0 atom stereocenters. The van der Waals surface area contributed by atoms with Gasteiger partial charge >= 0.3 is 0 Å². The van der Waals surface area contributed by atoms with Crippen molar-refractivity contribution in [3.8, 4) is 0 Å². The largest absolute Gasteiger partial charge is 0.364 e. The van der Waals surface area contributed by atoms with Crippen LogP contribution in [0.4, 0.5) is 0 Å². The van der Waals surface area contributed by atoms with Gasteiger partial charge in [0, 0.05) is 29.6 Å². The zero-order valence-corrected chi connectivity index (χ0v) is 8.26. The maximum atomic E-state index is 9.31. The van der Waals surface area contributed by atoms with E-state index in [1.807, 2.05) is 0 Å². The minimum atomic E-state index is 0. The maximum absolute atomic E-state index is 9.31. The summed E-state index contributed by atoms with van der Waals surface area (Å²) in [5.41, 5.74) is 0. The molecule has 0 aliphatic carbocycles. The minimum absolute atomic E-state index is 0. The first-order chi connectivity index (χ1) is 3.77. The van der Waals surface area contributed by atoms with Crippen molar-refractivity contribution >= 4 is 29.6 Å². The SMILES string of the molecule is CC(C)CCON=O.[Na]. The predicted molar refractivity (Wildman–Crippen MR) is 37.0 cm³/mol. The topological polar surface area (TPSA) is 38.7 Å². The molecule has 0 aromatic heterocycles. The Balaban J connectivity index is 0. The van der Waals surface area contributed by atoms with E-state index in [0.29, 0.717) is 12.5 Å². The molecular weight excluding hydrogens is 129 g/mol. The van der Waals surface area contributed by atoms with Crippen molar-refractivity contribution in [2.75, 3.05) is 6.61 Å². The van der Waals surface area contributed by atoms with Crippen molar-refractivity contribution in [2.45, 2.75) is 20.3 Å². The van der Waals surface area contributed by atoms with E-state index in [2.05, 4.69) is 24.0 Å². The van der Waals surface area contributed by atoms with E-state index in [0.717, 1.165) is 6.42 Å². The van der Waals surface area contributed by atoms with E-state index in [-0.39, 0.29) is 29.6 Å². The van der Waals surface area contributed by atoms with Crippen LogP contribution in [0.1, 0.15) is 20.3 Å². The Labute approximate surface area is 77.4 Å². The molecule has 0 aliphatic heterocycles. The molecule has 0 amide bonds. The number of nitrogens with zero attached hydrogens (tertiary/aromatic N) is 1. The first-order valence-electron chi connectivity index (χ1n) is 2.72. The average molecular weight is 140 g/mol. The molecule has 0 aromatic carbocycles. The van der Waals surface area contributed by atoms with Crippen molar-refractivity contribution < 1.29 is 4.84 Å². The van der Waals surface area contributed by atoms with Crippen molar-refractivity contribution in [2.24, 2.45) is 11.3 Å². The van der Waals surface area contributed by atoms with Crippen molar-refractivity contribution in [3.05, 3.63) is 4.91 Å². The van der Waals surface area contributed by atoms with Crippen LogP contribution in [-0.4, -0.2) is 36.2 Å². The molecule has 0 aliphatic rings. The molecule has 0 aromatic rings. The zero-order valence-electron chi connectivity index (χ0n) is 6.26. The second kappa shape index (κ2) is 8.40. The van der Waals surface area contributed by atoms with Gasteiger partial charge in [-0.05, 0) is 12.3 Å². The third-order valence-electron chi connectivity index (χ3n) is 0.839. The number of hydrogen-bond acceptors (Lipinski definition) is 3. The van der Waals surface area contributed by atoms with Gasteiger partial charge in [0.1, 0.15) is 6.61 Å². The molecule has 0 N–H and O–H groups in total. The zero-order chi connectivity index (χ0) is 6.41. The summed E-state index contributed by atoms with van der Waals surface area (Å²) >= 11 is 0. The van der Waals surface area contributed by atoms with Crippen LogP contribution in [-0.2, 0) is 4.84 Å². The monoisotopic (exact) mass is 140 g/mol. The molecule has 3 nitrogen and oxygen atoms in total. The van der Waals surface area contributed by atoms with Crippen LogP contribution >= 0.6 is 0 Å². The molecule has 4 heteroatoms. The fourth-order valence-electron chi connectivity index (χ4n) is 0.326. The molecular formula is C5H11NNaO2. The van der Waals surface area contributed by atoms with Crippen LogP contribution in [0.25, 0.3) is 0 Å². The number of rotatable bonds is 4. The summed E-state index contributed by atoms with van der Waals surface area (Å²) in [5.74, 6) is 0.580. The van der Waals surface area contributed by atoms with E-state index in [1.165, 1.54) is 0 Å². The summed E-state index contributed by atoms with van der Waals surface area (Å²) in [6.07, 6.45) is 0.895. The standard InChI is InChI=1S/C5H11NO2.Na/c1-5(2)3-4-8-6-7;/h5H,3-4H2,1-2H3;. The van der Waals surface area contributed by atoms with Crippen molar-refractivity contribution in [1.82, 2.24) is 0 Å². The van der Waals surface area contributed by atoms with Gasteiger partial charge in [-0.15, -0.1) is 4.91 Å². The van der Waals surface area contributed by atoms with Crippen LogP contribution in [0, 0.1) is 10.8 Å². The van der Waals surface area contributed by atoms with Gasteiger partial charge < -0.3 is 4.84 Å². The molecule has 0 bridgehead atoms. The third-order valence-corrected chi connectivity index (χ3v) is 0.839. The van der Waals surface area contributed by atoms with E-state index in [4.69, 9.17) is 0 Å². The maximum Gasteiger partial charge on any atom is 0.155 e. The summed E-state index contributed by atoms with van der Waals surface area (Å²) < 4.78 is 0. The molecule has 0 rings (SSSR count). The predicted octanol–water partition coefficient (Wildman–Crippen LogP) is 1.35. The summed E-state index contributed by atoms with van der Waals surface area (Å²) in [6, 6.07) is 0. The molecule has 0 unspecified atom stereocenters. The van der Waals surface area contributed by atoms with Gasteiger partial charge in [-0.2, -0.15) is 0 Å². The second-order valence-electron chi connectivity index (χ2n) is 2.09. The smallest absolute Gasteiger partial charge is 0.155 e. The molecule has 0 spiro atoms. The Hall–Kier alpha value is 0.400. The van der Waals surface area contributed by atoms with Crippen LogP contribution in [0.15, 0.2) is 5.34 Å². The molecule has 0 fully saturated rings. The van der Waals surface area contributed by atoms with Crippen LogP contribution in [0.2, 0.25) is 0 Å². The van der Waals surface area contributed by atoms with E-state index in [1.54, 1.807) is 0 Å². The van der Waals surface area contributed by atoms with E-state index in [9.17, 15) is 4.91 Å². The second-order valence-corrected chi connectivity index (χ2v) is 2.09. The van der Waals surface area contributed by atoms with Gasteiger partial charge in [-0.3, -0.25) is 0 Å². The molecule has 0 saturated carbocycles. The summed E-state index contributed by atoms with van der Waals surface area (Å²) in [6.45, 7) is 4.57. The van der Waals surface area contributed by atoms with Gasteiger partial charge in [0.15, 0.2) is 5.34 Å². The number of hydrogen-bond donors (Lipinski definition) is 0. The van der Waals surface area contributed by atoms with Crippen LogP contribution < -0.4 is 0 Å². The van der Waals surface area contributed by atoms with Crippen LogP contribution in [0.5, 0.6) is 0 Å². The first kappa shape index (κ1) is 12.1. The van der Waals surface area contributed by atoms with Gasteiger partial charge in [0.25, 0.3) is 0 Å². The van der Waals surface area contributed by atoms with E-state index >= 15 is 0 Å². The molecule has 9 heavy (non-hydrogen) atoms. The first-order valence-corrected chi connectivity index (χ1v) is 2.72. The van der Waals surface area contributed by atoms with E-state index < -0.39 is 0 Å². The summed E-state index contributed by atoms with van der Waals surface area (Å²) in [5, 5.41) is 2.26. The summed E-state index contributed by atoms with van der Waals surface area (Å²) in [7, 11) is 0. The quantitative estimate of drug-likeness (QED) is 0.256. The van der Waals surface area contributed by atoms with Crippen LogP contribution in [0.3, 0.4) is 0 Å². The molecule has 1 radical (unpaired) electrons. The Morgan fingerprint density at radius 3 is 2.44 bits per heavy atom. The molecule has 0 saturated heterocycles. The fourth-order valence-corrected chi connectivity index (χ4v) is 0.326. The Morgan fingerprint density at radius 1 is 1.56 bits per heavy atom. The fraction of sp³-hybridized carbons (Fsp3) is 1.00. The Bertz CT molecular complexity index is 68.0. The normalized spacial score (nSPS) is 8.33. The Kier molecular flexibility index (Phi) is 11.3. The van der Waals surface area contributed by atoms with Gasteiger partial charge in [-0.25, -0.2) is 0 Å². The van der Waals surface area contributed by atoms with Crippen molar-refractivity contribution in [1.29, 1.82) is 0 Å². The van der Waals surface area contributed by atoms with Crippen molar-refractivity contribution in [3.63, 3.8) is 0 Å². The molecule has 49 valence electrons. The van der Waals surface area contributed by atoms with Gasteiger partial charge in [0.05, 0.1) is 0 Å². The summed E-state index contributed by atoms with van der Waals surface area (Å²) in [4.78, 5) is 13.5. The van der Waals surface area contributed by atoms with Gasteiger partial charge in [0.2, 0.25) is 0 Å². The Morgan fingerprint density at radius 2 is 2.11 bits per heavy atom. The molecule has 0 heterocycles. The average Bonchev–Trinajstić information content (AvgIpc) is 1.66. The minimum Gasteiger partial charge on any atom is -0.364 e.